The largest absolute Gasteiger partial charge is 0.444 e. The summed E-state index contributed by atoms with van der Waals surface area (Å²) in [5.74, 6) is -0.398. The Morgan fingerprint density at radius 3 is 2.71 bits per heavy atom. The Morgan fingerprint density at radius 2 is 1.97 bits per heavy atom. The summed E-state index contributed by atoms with van der Waals surface area (Å²) in [6, 6.07) is 12.8. The number of alkyl carbamates (subject to hydrolysis) is 1. The summed E-state index contributed by atoms with van der Waals surface area (Å²) in [7, 11) is 0. The third-order valence-electron chi connectivity index (χ3n) is 5.60. The van der Waals surface area contributed by atoms with Crippen molar-refractivity contribution in [3.05, 3.63) is 66.4 Å². The van der Waals surface area contributed by atoms with Crippen LogP contribution < -0.4 is 5.32 Å². The van der Waals surface area contributed by atoms with Crippen molar-refractivity contribution in [1.29, 1.82) is 0 Å². The van der Waals surface area contributed by atoms with E-state index in [9.17, 15) is 4.79 Å². The Morgan fingerprint density at radius 1 is 1.17 bits per heavy atom. The molecular formula is C26H26FN5O3. The molecule has 1 aliphatic heterocycles. The lowest BCUT2D eigenvalue weighted by Crippen LogP contribution is -2.32. The van der Waals surface area contributed by atoms with Gasteiger partial charge in [0.15, 0.2) is 0 Å². The number of rotatable bonds is 5. The van der Waals surface area contributed by atoms with Crippen LogP contribution in [0.3, 0.4) is 0 Å². The molecule has 1 amide bonds. The highest BCUT2D eigenvalue weighted by Crippen LogP contribution is 2.30. The summed E-state index contributed by atoms with van der Waals surface area (Å²) in [4.78, 5) is 21.0. The molecule has 0 spiro atoms. The van der Waals surface area contributed by atoms with Gasteiger partial charge in [-0.25, -0.2) is 14.2 Å². The first-order valence-electron chi connectivity index (χ1n) is 11.4. The van der Waals surface area contributed by atoms with Crippen LogP contribution in [-0.4, -0.2) is 44.7 Å². The van der Waals surface area contributed by atoms with Crippen LogP contribution in [0.2, 0.25) is 0 Å². The maximum atomic E-state index is 15.6. The number of nitrogens with zero attached hydrogens (tertiary/aromatic N) is 4. The molecule has 0 aliphatic carbocycles. The molecule has 8 nitrogen and oxygen atoms in total. The van der Waals surface area contributed by atoms with Crippen LogP contribution in [0, 0.1) is 5.82 Å². The zero-order chi connectivity index (χ0) is 24.6. The maximum absolute atomic E-state index is 15.6. The zero-order valence-corrected chi connectivity index (χ0v) is 19.8. The lowest BCUT2D eigenvalue weighted by molar-refractivity contribution is -0.0285. The van der Waals surface area contributed by atoms with E-state index in [-0.39, 0.29) is 12.6 Å². The van der Waals surface area contributed by atoms with Crippen molar-refractivity contribution in [2.24, 2.45) is 0 Å². The number of carbonyl (C=O) groups is 1. The molecule has 0 unspecified atom stereocenters. The molecule has 4 heterocycles. The molecule has 9 heteroatoms. The van der Waals surface area contributed by atoms with E-state index in [2.05, 4.69) is 20.4 Å². The van der Waals surface area contributed by atoms with Crippen LogP contribution >= 0.6 is 0 Å². The first-order chi connectivity index (χ1) is 16.8. The number of amides is 1. The summed E-state index contributed by atoms with van der Waals surface area (Å²) in [5.41, 5.74) is 2.19. The summed E-state index contributed by atoms with van der Waals surface area (Å²) < 4.78 is 28.0. The van der Waals surface area contributed by atoms with Gasteiger partial charge >= 0.3 is 6.09 Å². The van der Waals surface area contributed by atoms with Crippen molar-refractivity contribution in [1.82, 2.24) is 25.1 Å². The molecule has 1 fully saturated rings. The molecule has 0 atom stereocenters. The Labute approximate surface area is 202 Å². The van der Waals surface area contributed by atoms with Gasteiger partial charge in [-0.05, 0) is 51.1 Å². The van der Waals surface area contributed by atoms with E-state index < -0.39 is 17.5 Å². The minimum Gasteiger partial charge on any atom is -0.444 e. The normalized spacial score (nSPS) is 14.1. The third kappa shape index (κ3) is 5.00. The standard InChI is InChI=1S/C26H26FN5O3/c1-26(2,3)35-25(33)29-13-17-11-20-16(12-28-17)7-8-19(24(20)27)21-5-4-6-22(30-21)23-9-10-32(31-23)18-14-34-15-18/h4-12,18H,13-15H2,1-3H3,(H,29,33). The van der Waals surface area contributed by atoms with Crippen molar-refractivity contribution in [3.63, 3.8) is 0 Å². The SMILES string of the molecule is CC(C)(C)OC(=O)NCc1cc2c(F)c(-c3cccc(-c4ccn(C5COC5)n4)n3)ccc2cn1. The second-order valence-electron chi connectivity index (χ2n) is 9.46. The second-order valence-corrected chi connectivity index (χ2v) is 9.46. The lowest BCUT2D eigenvalue weighted by Gasteiger charge is -2.25. The predicted molar refractivity (Wildman–Crippen MR) is 129 cm³/mol. The molecule has 1 saturated heterocycles. The number of halogens is 1. The number of nitrogens with one attached hydrogen (secondary N) is 1. The van der Waals surface area contributed by atoms with Gasteiger partial charge in [-0.15, -0.1) is 0 Å². The molecular weight excluding hydrogens is 449 g/mol. The molecule has 1 aromatic carbocycles. The molecule has 0 bridgehead atoms. The molecule has 5 rings (SSSR count). The van der Waals surface area contributed by atoms with Gasteiger partial charge in [-0.1, -0.05) is 12.1 Å². The quantitative estimate of drug-likeness (QED) is 0.442. The number of pyridine rings is 2. The van der Waals surface area contributed by atoms with Gasteiger partial charge in [0.1, 0.15) is 17.1 Å². The highest BCUT2D eigenvalue weighted by atomic mass is 19.1. The first kappa shape index (κ1) is 22.9. The van der Waals surface area contributed by atoms with Crippen LogP contribution in [0.15, 0.2) is 54.9 Å². The Bertz CT molecular complexity index is 1390. The van der Waals surface area contributed by atoms with Crippen LogP contribution in [0.1, 0.15) is 32.5 Å². The second kappa shape index (κ2) is 9.07. The van der Waals surface area contributed by atoms with Crippen molar-refractivity contribution in [2.75, 3.05) is 13.2 Å². The van der Waals surface area contributed by atoms with E-state index in [1.165, 1.54) is 0 Å². The smallest absolute Gasteiger partial charge is 0.407 e. The number of carbonyl (C=O) groups excluding carboxylic acids is 1. The monoisotopic (exact) mass is 475 g/mol. The van der Waals surface area contributed by atoms with Crippen LogP contribution in [0.4, 0.5) is 9.18 Å². The summed E-state index contributed by atoms with van der Waals surface area (Å²) in [6.07, 6.45) is 2.95. The van der Waals surface area contributed by atoms with Gasteiger partial charge in [0.25, 0.3) is 0 Å². The van der Waals surface area contributed by atoms with Gasteiger partial charge < -0.3 is 14.8 Å². The van der Waals surface area contributed by atoms with E-state index in [1.807, 2.05) is 35.1 Å². The van der Waals surface area contributed by atoms with E-state index in [0.29, 0.717) is 46.6 Å². The molecule has 3 aromatic heterocycles. The molecule has 0 saturated carbocycles. The number of hydrogen-bond acceptors (Lipinski definition) is 6. The van der Waals surface area contributed by atoms with Crippen LogP contribution in [-0.2, 0) is 16.0 Å². The minimum atomic E-state index is -0.604. The van der Waals surface area contributed by atoms with Crippen molar-refractivity contribution >= 4 is 16.9 Å². The average Bonchev–Trinajstić information content (AvgIpc) is 3.25. The fraction of sp³-hybridized carbons (Fsp3) is 0.308. The van der Waals surface area contributed by atoms with Gasteiger partial charge in [-0.3, -0.25) is 9.67 Å². The number of fused-ring (bicyclic) bond motifs is 1. The Kier molecular flexibility index (Phi) is 5.94. The highest BCUT2D eigenvalue weighted by molar-refractivity contribution is 5.87. The van der Waals surface area contributed by atoms with Gasteiger partial charge in [0, 0.05) is 28.7 Å². The number of hydrogen-bond donors (Lipinski definition) is 1. The van der Waals surface area contributed by atoms with Gasteiger partial charge in [0.05, 0.1) is 42.9 Å². The van der Waals surface area contributed by atoms with E-state index >= 15 is 4.39 Å². The molecule has 1 N–H and O–H groups in total. The van der Waals surface area contributed by atoms with E-state index in [4.69, 9.17) is 9.47 Å². The number of benzene rings is 1. The topological polar surface area (TPSA) is 91.2 Å². The fourth-order valence-corrected chi connectivity index (χ4v) is 3.78. The van der Waals surface area contributed by atoms with E-state index in [1.54, 1.807) is 45.2 Å². The molecule has 35 heavy (non-hydrogen) atoms. The van der Waals surface area contributed by atoms with Crippen molar-refractivity contribution < 1.29 is 18.7 Å². The first-order valence-corrected chi connectivity index (χ1v) is 11.4. The van der Waals surface area contributed by atoms with E-state index in [0.717, 1.165) is 5.69 Å². The number of aromatic nitrogens is 4. The summed E-state index contributed by atoms with van der Waals surface area (Å²) in [5, 5.41) is 8.32. The summed E-state index contributed by atoms with van der Waals surface area (Å²) in [6.45, 7) is 6.79. The molecule has 4 aromatic rings. The average molecular weight is 476 g/mol. The van der Waals surface area contributed by atoms with Gasteiger partial charge in [0.2, 0.25) is 0 Å². The number of ether oxygens (including phenoxy) is 2. The van der Waals surface area contributed by atoms with Crippen LogP contribution in [0.5, 0.6) is 0 Å². The minimum absolute atomic E-state index is 0.122. The highest BCUT2D eigenvalue weighted by Gasteiger charge is 2.22. The Balaban J connectivity index is 1.40. The van der Waals surface area contributed by atoms with Crippen LogP contribution in [0.25, 0.3) is 33.4 Å². The fourth-order valence-electron chi connectivity index (χ4n) is 3.78. The zero-order valence-electron chi connectivity index (χ0n) is 19.8. The van der Waals surface area contributed by atoms with Crippen molar-refractivity contribution in [2.45, 2.75) is 39.0 Å². The predicted octanol–water partition coefficient (Wildman–Crippen LogP) is 4.90. The lowest BCUT2D eigenvalue weighted by atomic mass is 10.0. The maximum Gasteiger partial charge on any atom is 0.407 e. The third-order valence-corrected chi connectivity index (χ3v) is 5.60. The molecule has 1 aliphatic rings. The molecule has 0 radical (unpaired) electrons. The summed E-state index contributed by atoms with van der Waals surface area (Å²) >= 11 is 0. The van der Waals surface area contributed by atoms with Gasteiger partial charge in [-0.2, -0.15) is 5.10 Å². The van der Waals surface area contributed by atoms with Crippen molar-refractivity contribution in [3.8, 4) is 22.6 Å². The Hall–Kier alpha value is -3.85. The molecule has 180 valence electrons.